The van der Waals surface area contributed by atoms with Crippen LogP contribution in [0.25, 0.3) is 0 Å². The maximum absolute atomic E-state index is 14.3. The smallest absolute Gasteiger partial charge is 0.407 e. The number of para-hydroxylation sites is 1. The fourth-order valence-electron chi connectivity index (χ4n) is 7.81. The summed E-state index contributed by atoms with van der Waals surface area (Å²) >= 11 is 0. The van der Waals surface area contributed by atoms with Gasteiger partial charge in [-0.25, -0.2) is 9.59 Å². The second-order valence-corrected chi connectivity index (χ2v) is 19.5. The molecule has 88 heavy (non-hydrogen) atoms. The standard InChI is InChI=1S/C51H71N13O24/c1-5-13-87-51(86)54-12-8-11-28-45(80)61-30(18-39(75)76)46(81)57-23(3)42(77)60-29(17-38(73)74)44(79)55-19-35(68)59-32(21-65)47(82)63-40(22(2)14-36(69)70)49(84)62-31(16-33(66)25-9-6-7-10-26(25)52)50(85)88-24(4)41(48(83)56-20-34(67)58-28)64-43(78)27(53)15-37(71)72/h5-7,9-10,22-24,27-32,40-41,65H,1,8,11-21,52-53H2,2-4H3,(H,54,86)(H,55,79)(H,56,83)(H,57,81)(H,58,67)(H,59,68)(H,60,77)(H,61,80)(H,62,84)(H,63,82)(H,64,78)(H,69,70)(H,71,72)(H,73,74)(H,75,76). The summed E-state index contributed by atoms with van der Waals surface area (Å²) in [4.78, 5) is 224. The van der Waals surface area contributed by atoms with Crippen LogP contribution in [0.15, 0.2) is 36.9 Å². The Morgan fingerprint density at radius 3 is 1.77 bits per heavy atom. The summed E-state index contributed by atoms with van der Waals surface area (Å²) in [6.45, 7) is 2.45. The fourth-order valence-corrected chi connectivity index (χ4v) is 7.81. The van der Waals surface area contributed by atoms with E-state index in [1.807, 2.05) is 16.0 Å². The molecule has 11 unspecified atom stereocenters. The zero-order chi connectivity index (χ0) is 66.5. The number of hydrogen-bond acceptors (Lipinski definition) is 22. The van der Waals surface area contributed by atoms with Crippen molar-refractivity contribution in [1.29, 1.82) is 0 Å². The van der Waals surface area contributed by atoms with Gasteiger partial charge in [-0.3, -0.25) is 71.9 Å². The molecule has 11 amide bonds. The molecular weight excluding hydrogens is 1180 g/mol. The van der Waals surface area contributed by atoms with Crippen LogP contribution in [0.4, 0.5) is 10.5 Å². The maximum atomic E-state index is 14.3. The van der Waals surface area contributed by atoms with Crippen molar-refractivity contribution in [2.24, 2.45) is 11.7 Å². The molecule has 0 aromatic heterocycles. The maximum Gasteiger partial charge on any atom is 0.407 e. The molecule has 37 heteroatoms. The number of hydrogen-bond donors (Lipinski definition) is 18. The lowest BCUT2D eigenvalue weighted by molar-refractivity contribution is -0.156. The number of aliphatic carboxylic acids is 4. The van der Waals surface area contributed by atoms with E-state index in [0.29, 0.717) is 0 Å². The van der Waals surface area contributed by atoms with Gasteiger partial charge >= 0.3 is 35.9 Å². The summed E-state index contributed by atoms with van der Waals surface area (Å²) in [5.41, 5.74) is 11.4. The van der Waals surface area contributed by atoms with Gasteiger partial charge in [0.05, 0.1) is 51.4 Å². The number of carboxylic acids is 4. The molecule has 2 rings (SSSR count). The lowest BCUT2D eigenvalue weighted by Gasteiger charge is -2.29. The zero-order valence-corrected chi connectivity index (χ0v) is 47.6. The first-order valence-electron chi connectivity index (χ1n) is 26.6. The van der Waals surface area contributed by atoms with Crippen molar-refractivity contribution in [3.8, 4) is 0 Å². The fraction of sp³-hybridized carbons (Fsp3) is 0.510. The molecule has 1 aliphatic rings. The van der Waals surface area contributed by atoms with E-state index in [1.54, 1.807) is 0 Å². The van der Waals surface area contributed by atoms with Crippen molar-refractivity contribution in [3.05, 3.63) is 42.5 Å². The highest BCUT2D eigenvalue weighted by atomic mass is 16.6. The number of alkyl carbamates (subject to hydrolysis) is 1. The number of carbonyl (C=O) groups excluding carboxylic acids is 13. The van der Waals surface area contributed by atoms with Gasteiger partial charge in [0, 0.05) is 24.2 Å². The van der Waals surface area contributed by atoms with Gasteiger partial charge in [-0.1, -0.05) is 31.7 Å². The summed E-state index contributed by atoms with van der Waals surface area (Å²) in [5.74, 6) is -24.1. The number of aliphatic hydroxyl groups is 1. The number of amides is 11. The van der Waals surface area contributed by atoms with Crippen molar-refractivity contribution >= 4 is 106 Å². The van der Waals surface area contributed by atoms with Crippen LogP contribution >= 0.6 is 0 Å². The van der Waals surface area contributed by atoms with E-state index in [1.165, 1.54) is 30.3 Å². The molecule has 0 spiro atoms. The highest BCUT2D eigenvalue weighted by Crippen LogP contribution is 2.17. The van der Waals surface area contributed by atoms with Gasteiger partial charge in [-0.15, -0.1) is 0 Å². The van der Waals surface area contributed by atoms with Crippen molar-refractivity contribution in [3.63, 3.8) is 0 Å². The highest BCUT2D eigenvalue weighted by Gasteiger charge is 2.39. The van der Waals surface area contributed by atoms with Gasteiger partial charge in [0.2, 0.25) is 59.1 Å². The monoisotopic (exact) mass is 1250 g/mol. The lowest BCUT2D eigenvalue weighted by Crippen LogP contribution is -2.60. The van der Waals surface area contributed by atoms with Crippen LogP contribution in [0.1, 0.15) is 76.1 Å². The van der Waals surface area contributed by atoms with E-state index in [4.69, 9.17) is 20.9 Å². The number of nitrogens with two attached hydrogens (primary N) is 2. The number of Topliss-reactive ketones (excluding diaryl/α,β-unsaturated/α-hetero) is 1. The first-order valence-corrected chi connectivity index (χ1v) is 26.6. The molecule has 0 saturated carbocycles. The normalized spacial score (nSPS) is 23.4. The number of benzene rings is 1. The quantitative estimate of drug-likeness (QED) is 0.0179. The van der Waals surface area contributed by atoms with E-state index < -0.39 is 225 Å². The van der Waals surface area contributed by atoms with Crippen molar-refractivity contribution in [2.45, 2.75) is 126 Å². The topological polar surface area (TPSA) is 594 Å². The summed E-state index contributed by atoms with van der Waals surface area (Å²) in [6, 6.07) is -12.7. The highest BCUT2D eigenvalue weighted by molar-refractivity contribution is 6.04. The van der Waals surface area contributed by atoms with Crippen molar-refractivity contribution < 1.29 is 117 Å². The number of aliphatic hydroxyl groups excluding tert-OH is 1. The third-order valence-electron chi connectivity index (χ3n) is 12.4. The predicted octanol–water partition coefficient (Wildman–Crippen LogP) is -7.54. The number of carbonyl (C=O) groups is 17. The Morgan fingerprint density at radius 1 is 0.670 bits per heavy atom. The minimum atomic E-state index is -2.20. The molecule has 1 fully saturated rings. The van der Waals surface area contributed by atoms with Gasteiger partial charge in [0.25, 0.3) is 0 Å². The zero-order valence-electron chi connectivity index (χ0n) is 47.6. The Morgan fingerprint density at radius 2 is 1.20 bits per heavy atom. The van der Waals surface area contributed by atoms with Crippen LogP contribution in [0, 0.1) is 5.92 Å². The van der Waals surface area contributed by atoms with Gasteiger partial charge < -0.3 is 105 Å². The molecule has 20 N–H and O–H groups in total. The average molecular weight is 1250 g/mol. The second-order valence-electron chi connectivity index (χ2n) is 19.5. The molecular formula is C51H71N13O24. The largest absolute Gasteiger partial charge is 0.481 e. The summed E-state index contributed by atoms with van der Waals surface area (Å²) in [7, 11) is 0. The molecule has 1 heterocycles. The lowest BCUT2D eigenvalue weighted by atomic mass is 9.96. The number of ether oxygens (including phenoxy) is 2. The number of esters is 1. The number of nitrogens with one attached hydrogen (secondary N) is 11. The van der Waals surface area contributed by atoms with Gasteiger partial charge in [0.15, 0.2) is 5.78 Å². The Hall–Kier alpha value is -10.3. The molecule has 0 bridgehead atoms. The van der Waals surface area contributed by atoms with Crippen LogP contribution in [0.5, 0.6) is 0 Å². The van der Waals surface area contributed by atoms with Gasteiger partial charge in [-0.2, -0.15) is 0 Å². The van der Waals surface area contributed by atoms with E-state index in [2.05, 4.69) is 49.1 Å². The van der Waals surface area contributed by atoms with Crippen molar-refractivity contribution in [1.82, 2.24) is 58.5 Å². The molecule has 11 atom stereocenters. The van der Waals surface area contributed by atoms with Gasteiger partial charge in [0.1, 0.15) is 61.0 Å². The third kappa shape index (κ3) is 25.9. The van der Waals surface area contributed by atoms with Crippen LogP contribution in [-0.2, 0) is 81.4 Å². The Bertz CT molecular complexity index is 2820. The van der Waals surface area contributed by atoms with E-state index >= 15 is 0 Å². The molecule has 484 valence electrons. The average Bonchev–Trinajstić information content (AvgIpc) is 3.63. The summed E-state index contributed by atoms with van der Waals surface area (Å²) in [6.07, 6.45) is -7.68. The minimum Gasteiger partial charge on any atom is -0.481 e. The number of cyclic esters (lactones) is 1. The number of anilines is 1. The van der Waals surface area contributed by atoms with Crippen LogP contribution in [0.2, 0.25) is 0 Å². The summed E-state index contributed by atoms with van der Waals surface area (Å²) < 4.78 is 10.3. The Kier molecular flexibility index (Phi) is 30.6. The molecule has 1 aliphatic heterocycles. The Balaban J connectivity index is 2.86. The molecule has 0 radical (unpaired) electrons. The molecule has 1 aromatic rings. The predicted molar refractivity (Wildman–Crippen MR) is 295 cm³/mol. The number of nitrogen functional groups attached to an aromatic ring is 1. The third-order valence-corrected chi connectivity index (χ3v) is 12.4. The van der Waals surface area contributed by atoms with Crippen LogP contribution in [-0.4, -0.2) is 220 Å². The van der Waals surface area contributed by atoms with Gasteiger partial charge in [-0.05, 0) is 44.7 Å². The molecule has 1 saturated heterocycles. The minimum absolute atomic E-state index is 0.135. The van der Waals surface area contributed by atoms with Crippen molar-refractivity contribution in [2.75, 3.05) is 38.6 Å². The number of rotatable bonds is 21. The summed E-state index contributed by atoms with van der Waals surface area (Å²) in [5, 5.41) is 71.7. The van der Waals surface area contributed by atoms with E-state index in [9.17, 15) is 107 Å². The van der Waals surface area contributed by atoms with E-state index in [-0.39, 0.29) is 30.8 Å². The number of ketones is 1. The van der Waals surface area contributed by atoms with E-state index in [0.717, 1.165) is 20.8 Å². The number of carboxylic acid groups (broad SMARTS) is 4. The Labute approximate surface area is 499 Å². The second kappa shape index (κ2) is 36.5. The van der Waals surface area contributed by atoms with Crippen LogP contribution < -0.4 is 70.0 Å². The SMILES string of the molecule is C=CCOC(=O)NCCCC1NC(=O)CNC(=O)C(NC(=O)C(N)CC(=O)O)C(C)OC(=O)C(CC(=O)c2ccccc2N)NC(=O)C(C(C)CC(=O)O)NC(=O)C(CO)NC(=O)CNC(=O)C(CC(=O)O)NC(=O)C(C)NC(=O)C(CC(=O)O)NC1=O. The first kappa shape index (κ1) is 73.8. The van der Waals surface area contributed by atoms with Crippen LogP contribution in [0.3, 0.4) is 0 Å². The molecule has 0 aliphatic carbocycles. The molecule has 1 aromatic carbocycles. The first-order chi connectivity index (χ1) is 41.3. The molecule has 37 nitrogen and oxygen atoms in total.